The summed E-state index contributed by atoms with van der Waals surface area (Å²) in [6.07, 6.45) is 0. The summed E-state index contributed by atoms with van der Waals surface area (Å²) in [5.41, 5.74) is 5.97. The van der Waals surface area contributed by atoms with Gasteiger partial charge in [-0.2, -0.15) is 4.98 Å². The molecule has 0 aliphatic rings. The standard InChI is InChI=1S/C12H10Cl2N2O3/c1-2-18-12(17)9-10(15)19-11(16-9)6-4-3-5-7(13)8(6)14/h3-5H,2,15H2,1H3. The molecule has 0 atom stereocenters. The normalized spacial score (nSPS) is 10.5. The number of benzene rings is 1. The molecular weight excluding hydrogens is 291 g/mol. The summed E-state index contributed by atoms with van der Waals surface area (Å²) in [5.74, 6) is -0.648. The molecule has 0 amide bonds. The van der Waals surface area contributed by atoms with Gasteiger partial charge in [-0.05, 0) is 19.1 Å². The van der Waals surface area contributed by atoms with Crippen LogP contribution in [-0.4, -0.2) is 17.6 Å². The highest BCUT2D eigenvalue weighted by atomic mass is 35.5. The molecule has 0 saturated carbocycles. The summed E-state index contributed by atoms with van der Waals surface area (Å²) >= 11 is 11.9. The van der Waals surface area contributed by atoms with Crippen molar-refractivity contribution in [2.24, 2.45) is 0 Å². The number of nitrogens with two attached hydrogens (primary N) is 1. The zero-order valence-electron chi connectivity index (χ0n) is 9.94. The number of ether oxygens (including phenoxy) is 1. The first-order valence-corrected chi connectivity index (χ1v) is 6.18. The fraction of sp³-hybridized carbons (Fsp3) is 0.167. The van der Waals surface area contributed by atoms with Crippen LogP contribution in [-0.2, 0) is 4.74 Å². The summed E-state index contributed by atoms with van der Waals surface area (Å²) in [4.78, 5) is 15.6. The van der Waals surface area contributed by atoms with Gasteiger partial charge in [-0.15, -0.1) is 0 Å². The predicted octanol–water partition coefficient (Wildman–Crippen LogP) is 3.41. The molecule has 1 heterocycles. The van der Waals surface area contributed by atoms with Gasteiger partial charge in [0.2, 0.25) is 17.5 Å². The number of anilines is 1. The third kappa shape index (κ3) is 2.67. The summed E-state index contributed by atoms with van der Waals surface area (Å²) < 4.78 is 10.0. The topological polar surface area (TPSA) is 78.3 Å². The van der Waals surface area contributed by atoms with E-state index in [1.165, 1.54) is 0 Å². The van der Waals surface area contributed by atoms with Crippen LogP contribution < -0.4 is 5.73 Å². The lowest BCUT2D eigenvalue weighted by Gasteiger charge is -2.00. The number of nitrogens with zero attached hydrogens (tertiary/aromatic N) is 1. The van der Waals surface area contributed by atoms with E-state index in [1.807, 2.05) is 0 Å². The lowest BCUT2D eigenvalue weighted by molar-refractivity contribution is 0.0521. The molecule has 7 heteroatoms. The van der Waals surface area contributed by atoms with Gasteiger partial charge in [0.15, 0.2) is 0 Å². The Hall–Kier alpha value is -1.72. The second kappa shape index (κ2) is 5.50. The number of aromatic nitrogens is 1. The number of carbonyl (C=O) groups excluding carboxylic acids is 1. The van der Waals surface area contributed by atoms with Crippen molar-refractivity contribution < 1.29 is 13.9 Å². The van der Waals surface area contributed by atoms with E-state index in [9.17, 15) is 4.79 Å². The highest BCUT2D eigenvalue weighted by Gasteiger charge is 2.21. The minimum absolute atomic E-state index is 0.0760. The van der Waals surface area contributed by atoms with Crippen LogP contribution in [0.3, 0.4) is 0 Å². The zero-order valence-corrected chi connectivity index (χ0v) is 11.5. The third-order valence-electron chi connectivity index (χ3n) is 2.30. The maximum atomic E-state index is 11.6. The molecule has 0 saturated heterocycles. The Morgan fingerprint density at radius 1 is 1.47 bits per heavy atom. The highest BCUT2D eigenvalue weighted by molar-refractivity contribution is 6.43. The molecule has 0 aliphatic heterocycles. The van der Waals surface area contributed by atoms with Crippen molar-refractivity contribution in [1.82, 2.24) is 4.98 Å². The van der Waals surface area contributed by atoms with E-state index in [2.05, 4.69) is 4.98 Å². The summed E-state index contributed by atoms with van der Waals surface area (Å²) in [7, 11) is 0. The lowest BCUT2D eigenvalue weighted by atomic mass is 10.2. The molecule has 0 unspecified atom stereocenters. The van der Waals surface area contributed by atoms with E-state index in [1.54, 1.807) is 25.1 Å². The van der Waals surface area contributed by atoms with Crippen molar-refractivity contribution >= 4 is 35.1 Å². The van der Waals surface area contributed by atoms with Gasteiger partial charge in [0.25, 0.3) is 0 Å². The van der Waals surface area contributed by atoms with Crippen LogP contribution in [0, 0.1) is 0 Å². The summed E-state index contributed by atoms with van der Waals surface area (Å²) in [6.45, 7) is 1.90. The molecule has 1 aromatic carbocycles. The van der Waals surface area contributed by atoms with Crippen LogP contribution in [0.5, 0.6) is 0 Å². The first-order valence-electron chi connectivity index (χ1n) is 5.42. The number of halogens is 2. The minimum Gasteiger partial charge on any atom is -0.461 e. The second-order valence-electron chi connectivity index (χ2n) is 3.55. The van der Waals surface area contributed by atoms with E-state index in [0.29, 0.717) is 10.6 Å². The average Bonchev–Trinajstić information content (AvgIpc) is 2.75. The SMILES string of the molecule is CCOC(=O)c1nc(-c2cccc(Cl)c2Cl)oc1N. The Labute approximate surface area is 119 Å². The zero-order chi connectivity index (χ0) is 14.0. The number of esters is 1. The smallest absolute Gasteiger partial charge is 0.362 e. The molecule has 2 aromatic rings. The van der Waals surface area contributed by atoms with Gasteiger partial charge in [0.1, 0.15) is 0 Å². The molecule has 0 aliphatic carbocycles. The van der Waals surface area contributed by atoms with Crippen molar-refractivity contribution in [1.29, 1.82) is 0 Å². The van der Waals surface area contributed by atoms with Gasteiger partial charge in [0.05, 0.1) is 22.2 Å². The Bertz CT molecular complexity index is 625. The van der Waals surface area contributed by atoms with Gasteiger partial charge in [-0.1, -0.05) is 29.3 Å². The van der Waals surface area contributed by atoms with Gasteiger partial charge >= 0.3 is 5.97 Å². The van der Waals surface area contributed by atoms with Crippen molar-refractivity contribution in [2.45, 2.75) is 6.92 Å². The molecule has 0 radical (unpaired) electrons. The van der Waals surface area contributed by atoms with Crippen LogP contribution in [0.1, 0.15) is 17.4 Å². The van der Waals surface area contributed by atoms with Crippen LogP contribution in [0.2, 0.25) is 10.0 Å². The largest absolute Gasteiger partial charge is 0.461 e. The van der Waals surface area contributed by atoms with E-state index in [0.717, 1.165) is 0 Å². The van der Waals surface area contributed by atoms with Crippen LogP contribution in [0.4, 0.5) is 5.88 Å². The van der Waals surface area contributed by atoms with Crippen molar-refractivity contribution in [3.63, 3.8) is 0 Å². The number of nitrogen functional groups attached to an aromatic ring is 1. The fourth-order valence-corrected chi connectivity index (χ4v) is 1.84. The quantitative estimate of drug-likeness (QED) is 0.879. The molecule has 5 nitrogen and oxygen atoms in total. The maximum absolute atomic E-state index is 11.6. The summed E-state index contributed by atoms with van der Waals surface area (Å²) in [6, 6.07) is 4.98. The van der Waals surface area contributed by atoms with Crippen molar-refractivity contribution in [3.8, 4) is 11.5 Å². The van der Waals surface area contributed by atoms with Gasteiger partial charge in [-0.3, -0.25) is 0 Å². The third-order valence-corrected chi connectivity index (χ3v) is 3.12. The first-order chi connectivity index (χ1) is 9.04. The van der Waals surface area contributed by atoms with Gasteiger partial charge in [0, 0.05) is 0 Å². The van der Waals surface area contributed by atoms with E-state index in [4.69, 9.17) is 38.1 Å². The lowest BCUT2D eigenvalue weighted by Crippen LogP contribution is -2.07. The predicted molar refractivity (Wildman–Crippen MR) is 72.3 cm³/mol. The Kier molecular flexibility index (Phi) is 3.97. The molecule has 0 spiro atoms. The minimum atomic E-state index is -0.645. The van der Waals surface area contributed by atoms with E-state index < -0.39 is 5.97 Å². The Morgan fingerprint density at radius 3 is 2.89 bits per heavy atom. The average molecular weight is 301 g/mol. The molecule has 19 heavy (non-hydrogen) atoms. The second-order valence-corrected chi connectivity index (χ2v) is 4.34. The van der Waals surface area contributed by atoms with Gasteiger partial charge < -0.3 is 14.9 Å². The van der Waals surface area contributed by atoms with Crippen molar-refractivity contribution in [3.05, 3.63) is 33.9 Å². The first kappa shape index (κ1) is 13.7. The number of carbonyl (C=O) groups is 1. The maximum Gasteiger partial charge on any atom is 0.362 e. The monoisotopic (exact) mass is 300 g/mol. The number of rotatable bonds is 3. The van der Waals surface area contributed by atoms with Crippen LogP contribution in [0.15, 0.2) is 22.6 Å². The fourth-order valence-electron chi connectivity index (χ4n) is 1.46. The molecule has 1 aromatic heterocycles. The number of hydrogen-bond acceptors (Lipinski definition) is 5. The molecule has 0 bridgehead atoms. The molecule has 2 N–H and O–H groups in total. The number of hydrogen-bond donors (Lipinski definition) is 1. The molecule has 0 fully saturated rings. The summed E-state index contributed by atoms with van der Waals surface area (Å²) in [5, 5.41) is 0.634. The van der Waals surface area contributed by atoms with Crippen LogP contribution >= 0.6 is 23.2 Å². The van der Waals surface area contributed by atoms with Crippen LogP contribution in [0.25, 0.3) is 11.5 Å². The van der Waals surface area contributed by atoms with Crippen molar-refractivity contribution in [2.75, 3.05) is 12.3 Å². The molecule has 2 rings (SSSR count). The molecule has 100 valence electrons. The van der Waals surface area contributed by atoms with Gasteiger partial charge in [-0.25, -0.2) is 4.79 Å². The van der Waals surface area contributed by atoms with E-state index >= 15 is 0 Å². The number of oxazole rings is 1. The Balaban J connectivity index is 2.45. The van der Waals surface area contributed by atoms with E-state index in [-0.39, 0.29) is 29.1 Å². The molecular formula is C12H10Cl2N2O3. The highest BCUT2D eigenvalue weighted by Crippen LogP contribution is 2.34. The Morgan fingerprint density at radius 2 is 2.21 bits per heavy atom.